The van der Waals surface area contributed by atoms with Crippen LogP contribution in [0, 0.1) is 0 Å². The van der Waals surface area contributed by atoms with Gasteiger partial charge < -0.3 is 4.74 Å². The Bertz CT molecular complexity index is 580. The molecule has 110 valence electrons. The first-order valence-corrected chi connectivity index (χ1v) is 8.12. The fourth-order valence-electron chi connectivity index (χ4n) is 2.17. The molecule has 1 atom stereocenters. The van der Waals surface area contributed by atoms with E-state index in [2.05, 4.69) is 0 Å². The molecule has 5 nitrogen and oxygen atoms in total. The SMILES string of the molecule is CC[C@H]1CN(S(=O)(=O)c2ccc(C(C)=O)cc2)CCO1. The van der Waals surface area contributed by atoms with Crippen LogP contribution >= 0.6 is 0 Å². The standard InChI is InChI=1S/C14H19NO4S/c1-3-13-10-15(8-9-19-13)20(17,18)14-6-4-12(5-7-14)11(2)16/h4-7,13H,3,8-10H2,1-2H3/t13-/m0/s1. The fraction of sp³-hybridized carbons (Fsp3) is 0.500. The van der Waals surface area contributed by atoms with E-state index in [4.69, 9.17) is 4.74 Å². The first-order chi connectivity index (χ1) is 9.45. The number of nitrogens with zero attached hydrogens (tertiary/aromatic N) is 1. The van der Waals surface area contributed by atoms with Crippen LogP contribution in [0.15, 0.2) is 29.2 Å². The Morgan fingerprint density at radius 3 is 2.55 bits per heavy atom. The highest BCUT2D eigenvalue weighted by atomic mass is 32.2. The third-order valence-electron chi connectivity index (χ3n) is 3.46. The van der Waals surface area contributed by atoms with Gasteiger partial charge in [-0.15, -0.1) is 0 Å². The van der Waals surface area contributed by atoms with Gasteiger partial charge in [0.2, 0.25) is 10.0 Å². The molecule has 0 aliphatic carbocycles. The third-order valence-corrected chi connectivity index (χ3v) is 5.33. The van der Waals surface area contributed by atoms with Gasteiger partial charge >= 0.3 is 0 Å². The number of rotatable bonds is 4. The van der Waals surface area contributed by atoms with Crippen LogP contribution in [0.4, 0.5) is 0 Å². The van der Waals surface area contributed by atoms with Crippen LogP contribution in [0.2, 0.25) is 0 Å². The molecule has 6 heteroatoms. The Labute approximate surface area is 119 Å². The molecule has 0 N–H and O–H groups in total. The normalized spacial score (nSPS) is 20.8. The smallest absolute Gasteiger partial charge is 0.243 e. The highest BCUT2D eigenvalue weighted by Crippen LogP contribution is 2.20. The summed E-state index contributed by atoms with van der Waals surface area (Å²) in [7, 11) is -3.51. The fourth-order valence-corrected chi connectivity index (χ4v) is 3.62. The van der Waals surface area contributed by atoms with Crippen molar-refractivity contribution in [3.8, 4) is 0 Å². The predicted octanol–water partition coefficient (Wildman–Crippen LogP) is 1.69. The lowest BCUT2D eigenvalue weighted by Gasteiger charge is -2.31. The predicted molar refractivity (Wildman–Crippen MR) is 75.2 cm³/mol. The van der Waals surface area contributed by atoms with Gasteiger partial charge in [0.25, 0.3) is 0 Å². The first kappa shape index (κ1) is 15.2. The summed E-state index contributed by atoms with van der Waals surface area (Å²) in [6.07, 6.45) is 0.741. The van der Waals surface area contributed by atoms with E-state index in [0.717, 1.165) is 6.42 Å². The Kier molecular flexibility index (Phi) is 4.57. The number of ether oxygens (including phenoxy) is 1. The molecule has 1 aliphatic rings. The highest BCUT2D eigenvalue weighted by molar-refractivity contribution is 7.89. The van der Waals surface area contributed by atoms with Gasteiger partial charge in [-0.05, 0) is 25.5 Å². The molecule has 1 fully saturated rings. The van der Waals surface area contributed by atoms with Crippen LogP contribution in [0.5, 0.6) is 0 Å². The molecular formula is C14H19NO4S. The van der Waals surface area contributed by atoms with Crippen LogP contribution in [0.25, 0.3) is 0 Å². The van der Waals surface area contributed by atoms with Crippen LogP contribution in [0.1, 0.15) is 30.6 Å². The summed E-state index contributed by atoms with van der Waals surface area (Å²) in [5.74, 6) is -0.0774. The van der Waals surface area contributed by atoms with Crippen molar-refractivity contribution in [2.75, 3.05) is 19.7 Å². The van der Waals surface area contributed by atoms with Crippen molar-refractivity contribution in [1.82, 2.24) is 4.31 Å². The van der Waals surface area contributed by atoms with Crippen LogP contribution in [-0.2, 0) is 14.8 Å². The maximum Gasteiger partial charge on any atom is 0.243 e. The zero-order chi connectivity index (χ0) is 14.8. The van der Waals surface area contributed by atoms with Gasteiger partial charge in [0, 0.05) is 18.7 Å². The van der Waals surface area contributed by atoms with Gasteiger partial charge in [-0.3, -0.25) is 4.79 Å². The molecule has 1 heterocycles. The van der Waals surface area contributed by atoms with E-state index in [1.807, 2.05) is 6.92 Å². The molecule has 2 rings (SSSR count). The molecule has 0 amide bonds. The number of ketones is 1. The van der Waals surface area contributed by atoms with E-state index in [0.29, 0.717) is 25.3 Å². The van der Waals surface area contributed by atoms with Crippen molar-refractivity contribution in [1.29, 1.82) is 0 Å². The average Bonchev–Trinajstić information content (AvgIpc) is 2.47. The van der Waals surface area contributed by atoms with E-state index in [1.165, 1.54) is 23.4 Å². The lowest BCUT2D eigenvalue weighted by Crippen LogP contribution is -2.45. The summed E-state index contributed by atoms with van der Waals surface area (Å²) in [5.41, 5.74) is 0.511. The summed E-state index contributed by atoms with van der Waals surface area (Å²) < 4.78 is 32.0. The largest absolute Gasteiger partial charge is 0.375 e. The Hall–Kier alpha value is -1.24. The summed E-state index contributed by atoms with van der Waals surface area (Å²) in [6, 6.07) is 6.07. The van der Waals surface area contributed by atoms with Crippen LogP contribution in [0.3, 0.4) is 0 Å². The minimum Gasteiger partial charge on any atom is -0.375 e. The number of morpholine rings is 1. The van der Waals surface area contributed by atoms with E-state index >= 15 is 0 Å². The molecular weight excluding hydrogens is 278 g/mol. The van der Waals surface area contributed by atoms with Gasteiger partial charge in [-0.2, -0.15) is 4.31 Å². The average molecular weight is 297 g/mol. The van der Waals surface area contributed by atoms with Gasteiger partial charge in [-0.1, -0.05) is 19.1 Å². The molecule has 1 aromatic carbocycles. The lowest BCUT2D eigenvalue weighted by atomic mass is 10.2. The third kappa shape index (κ3) is 3.08. The van der Waals surface area contributed by atoms with Gasteiger partial charge in [0.15, 0.2) is 5.78 Å². The minimum atomic E-state index is -3.51. The number of carbonyl (C=O) groups excluding carboxylic acids is 1. The summed E-state index contributed by atoms with van der Waals surface area (Å²) in [4.78, 5) is 11.4. The lowest BCUT2D eigenvalue weighted by molar-refractivity contribution is -0.00277. The molecule has 1 saturated heterocycles. The van der Waals surface area contributed by atoms with Crippen LogP contribution in [-0.4, -0.2) is 44.3 Å². The second-order valence-corrected chi connectivity index (χ2v) is 6.78. The number of Topliss-reactive ketones (excluding diaryl/α,β-unsaturated/α-hetero) is 1. The summed E-state index contributed by atoms with van der Waals surface area (Å²) in [6.45, 7) is 4.60. The van der Waals surface area contributed by atoms with Crippen molar-refractivity contribution < 1.29 is 17.9 Å². The summed E-state index contributed by atoms with van der Waals surface area (Å²) >= 11 is 0. The Morgan fingerprint density at radius 1 is 1.35 bits per heavy atom. The number of hydrogen-bond acceptors (Lipinski definition) is 4. The molecule has 0 spiro atoms. The van der Waals surface area contributed by atoms with E-state index in [9.17, 15) is 13.2 Å². The molecule has 1 aliphatic heterocycles. The van der Waals surface area contributed by atoms with Crippen molar-refractivity contribution in [2.24, 2.45) is 0 Å². The van der Waals surface area contributed by atoms with Gasteiger partial charge in [0.1, 0.15) is 0 Å². The molecule has 0 unspecified atom stereocenters. The number of hydrogen-bond donors (Lipinski definition) is 0. The quantitative estimate of drug-likeness (QED) is 0.793. The molecule has 0 aromatic heterocycles. The molecule has 1 aromatic rings. The Morgan fingerprint density at radius 2 is 2.00 bits per heavy atom. The highest BCUT2D eigenvalue weighted by Gasteiger charge is 2.30. The number of carbonyl (C=O) groups is 1. The molecule has 20 heavy (non-hydrogen) atoms. The van der Waals surface area contributed by atoms with Crippen molar-refractivity contribution >= 4 is 15.8 Å². The number of sulfonamides is 1. The zero-order valence-corrected chi connectivity index (χ0v) is 12.5. The van der Waals surface area contributed by atoms with Crippen molar-refractivity contribution in [3.63, 3.8) is 0 Å². The second-order valence-electron chi connectivity index (χ2n) is 4.84. The van der Waals surface area contributed by atoms with E-state index in [1.54, 1.807) is 12.1 Å². The van der Waals surface area contributed by atoms with Gasteiger partial charge in [-0.25, -0.2) is 8.42 Å². The van der Waals surface area contributed by atoms with Crippen molar-refractivity contribution in [2.45, 2.75) is 31.3 Å². The van der Waals surface area contributed by atoms with Gasteiger partial charge in [0.05, 0.1) is 17.6 Å². The second kappa shape index (κ2) is 6.03. The number of benzene rings is 1. The maximum absolute atomic E-state index is 12.5. The van der Waals surface area contributed by atoms with E-state index < -0.39 is 10.0 Å². The minimum absolute atomic E-state index is 0.0463. The molecule has 0 bridgehead atoms. The first-order valence-electron chi connectivity index (χ1n) is 6.68. The monoisotopic (exact) mass is 297 g/mol. The maximum atomic E-state index is 12.5. The molecule has 0 saturated carbocycles. The van der Waals surface area contributed by atoms with Crippen LogP contribution < -0.4 is 0 Å². The van der Waals surface area contributed by atoms with E-state index in [-0.39, 0.29) is 16.8 Å². The van der Waals surface area contributed by atoms with Crippen molar-refractivity contribution in [3.05, 3.63) is 29.8 Å². The molecule has 0 radical (unpaired) electrons. The Balaban J connectivity index is 2.23. The topological polar surface area (TPSA) is 63.7 Å². The summed E-state index contributed by atoms with van der Waals surface area (Å²) in [5, 5.41) is 0. The zero-order valence-electron chi connectivity index (χ0n) is 11.7.